The lowest BCUT2D eigenvalue weighted by Gasteiger charge is -2.34. The molecule has 0 unspecified atom stereocenters. The van der Waals surface area contributed by atoms with Gasteiger partial charge in [-0.25, -0.2) is 4.79 Å². The Bertz CT molecular complexity index is 958. The van der Waals surface area contributed by atoms with Gasteiger partial charge in [-0.05, 0) is 13.0 Å². The van der Waals surface area contributed by atoms with Gasteiger partial charge in [0.2, 0.25) is 5.13 Å². The Hall–Kier alpha value is -3.01. The third-order valence-corrected chi connectivity index (χ3v) is 5.02. The first kappa shape index (κ1) is 16.5. The van der Waals surface area contributed by atoms with Gasteiger partial charge in [0.15, 0.2) is 5.69 Å². The van der Waals surface area contributed by atoms with Crippen molar-refractivity contribution in [3.8, 4) is 0 Å². The number of aryl methyl sites for hydroxylation is 1. The second kappa shape index (κ2) is 6.71. The number of carbonyl (C=O) groups is 2. The molecule has 0 spiro atoms. The SMILES string of the molecule is Cc1nnc(NC(=O)N2CCN(C(=O)c3n[nH]c4ccccc34)CC2)s1. The number of hydrogen-bond acceptors (Lipinski definition) is 6. The van der Waals surface area contributed by atoms with Gasteiger partial charge in [0, 0.05) is 31.6 Å². The molecule has 4 rings (SSSR count). The average Bonchev–Trinajstić information content (AvgIpc) is 3.27. The normalized spacial score (nSPS) is 14.7. The van der Waals surface area contributed by atoms with E-state index in [1.165, 1.54) is 11.3 Å². The van der Waals surface area contributed by atoms with Crippen molar-refractivity contribution < 1.29 is 9.59 Å². The van der Waals surface area contributed by atoms with E-state index < -0.39 is 0 Å². The first-order valence-electron chi connectivity index (χ1n) is 8.20. The number of nitrogens with one attached hydrogen (secondary N) is 2. The fraction of sp³-hybridized carbons (Fsp3) is 0.312. The maximum atomic E-state index is 12.8. The van der Waals surface area contributed by atoms with Crippen molar-refractivity contribution in [2.45, 2.75) is 6.92 Å². The summed E-state index contributed by atoms with van der Waals surface area (Å²) < 4.78 is 0. The standard InChI is InChI=1S/C16H17N7O2S/c1-10-18-21-15(26-10)17-16(25)23-8-6-22(7-9-23)14(24)13-11-4-2-3-5-12(11)19-20-13/h2-5H,6-9H2,1H3,(H,19,20)(H,17,21,25). The van der Waals surface area contributed by atoms with Gasteiger partial charge in [-0.1, -0.05) is 29.5 Å². The molecule has 134 valence electrons. The predicted octanol–water partition coefficient (Wildman–Crippen LogP) is 1.71. The molecule has 3 aromatic rings. The molecule has 0 bridgehead atoms. The molecule has 9 nitrogen and oxygen atoms in total. The Morgan fingerprint density at radius 2 is 1.85 bits per heavy atom. The van der Waals surface area contributed by atoms with Crippen LogP contribution >= 0.6 is 11.3 Å². The van der Waals surface area contributed by atoms with E-state index in [0.717, 1.165) is 15.9 Å². The number of nitrogens with zero attached hydrogens (tertiary/aromatic N) is 5. The van der Waals surface area contributed by atoms with E-state index >= 15 is 0 Å². The number of para-hydroxylation sites is 1. The van der Waals surface area contributed by atoms with E-state index in [1.807, 2.05) is 31.2 Å². The third kappa shape index (κ3) is 3.10. The van der Waals surface area contributed by atoms with Crippen molar-refractivity contribution >= 4 is 39.3 Å². The number of fused-ring (bicyclic) bond motifs is 1. The van der Waals surface area contributed by atoms with Gasteiger partial charge in [-0.15, -0.1) is 10.2 Å². The number of rotatable bonds is 2. The summed E-state index contributed by atoms with van der Waals surface area (Å²) in [6.45, 7) is 3.66. The number of hydrogen-bond donors (Lipinski definition) is 2. The van der Waals surface area contributed by atoms with Crippen LogP contribution in [0.15, 0.2) is 24.3 Å². The number of urea groups is 1. The molecule has 2 N–H and O–H groups in total. The van der Waals surface area contributed by atoms with Crippen molar-refractivity contribution in [1.82, 2.24) is 30.2 Å². The fourth-order valence-electron chi connectivity index (χ4n) is 2.91. The molecule has 1 saturated heterocycles. The molecule has 0 saturated carbocycles. The van der Waals surface area contributed by atoms with Crippen molar-refractivity contribution in [3.05, 3.63) is 35.0 Å². The number of aromatic amines is 1. The number of benzene rings is 1. The lowest BCUT2D eigenvalue weighted by molar-refractivity contribution is 0.0667. The molecule has 1 aliphatic rings. The third-order valence-electron chi connectivity index (χ3n) is 4.27. The highest BCUT2D eigenvalue weighted by atomic mass is 32.1. The smallest absolute Gasteiger partial charge is 0.323 e. The van der Waals surface area contributed by atoms with Crippen LogP contribution in [0.5, 0.6) is 0 Å². The molecular formula is C16H17N7O2S. The molecule has 0 atom stereocenters. The summed E-state index contributed by atoms with van der Waals surface area (Å²) in [5.41, 5.74) is 1.25. The summed E-state index contributed by atoms with van der Waals surface area (Å²) in [6, 6.07) is 7.31. The number of piperazine rings is 1. The first-order chi connectivity index (χ1) is 12.6. The minimum Gasteiger partial charge on any atom is -0.334 e. The minimum atomic E-state index is -0.224. The van der Waals surface area contributed by atoms with E-state index in [1.54, 1.807) is 9.80 Å². The molecule has 1 fully saturated rings. The lowest BCUT2D eigenvalue weighted by Crippen LogP contribution is -2.51. The van der Waals surface area contributed by atoms with Crippen LogP contribution in [-0.2, 0) is 0 Å². The molecule has 2 aromatic heterocycles. The van der Waals surface area contributed by atoms with Gasteiger partial charge in [0.25, 0.3) is 5.91 Å². The van der Waals surface area contributed by atoms with E-state index in [0.29, 0.717) is 37.0 Å². The summed E-state index contributed by atoms with van der Waals surface area (Å²) in [4.78, 5) is 28.4. The Balaban J connectivity index is 1.38. The van der Waals surface area contributed by atoms with Gasteiger partial charge in [0.1, 0.15) is 5.01 Å². The van der Waals surface area contributed by atoms with Crippen LogP contribution in [0.1, 0.15) is 15.5 Å². The average molecular weight is 371 g/mol. The minimum absolute atomic E-state index is 0.123. The summed E-state index contributed by atoms with van der Waals surface area (Å²) in [5, 5.41) is 19.6. The van der Waals surface area contributed by atoms with Crippen LogP contribution in [0.4, 0.5) is 9.93 Å². The van der Waals surface area contributed by atoms with Gasteiger partial charge in [-0.3, -0.25) is 15.2 Å². The molecule has 0 radical (unpaired) electrons. The first-order valence-corrected chi connectivity index (χ1v) is 9.02. The summed E-state index contributed by atoms with van der Waals surface area (Å²) in [6.07, 6.45) is 0. The zero-order valence-corrected chi connectivity index (χ0v) is 14.9. The Kier molecular flexibility index (Phi) is 4.25. The van der Waals surface area contributed by atoms with Crippen LogP contribution in [0, 0.1) is 6.92 Å². The summed E-state index contributed by atoms with van der Waals surface area (Å²) >= 11 is 1.33. The van der Waals surface area contributed by atoms with E-state index in [4.69, 9.17) is 0 Å². The quantitative estimate of drug-likeness (QED) is 0.713. The number of amides is 3. The Labute approximate surface area is 153 Å². The Morgan fingerprint density at radius 1 is 1.12 bits per heavy atom. The maximum Gasteiger partial charge on any atom is 0.323 e. The highest BCUT2D eigenvalue weighted by molar-refractivity contribution is 7.15. The zero-order valence-electron chi connectivity index (χ0n) is 14.1. The fourth-order valence-corrected chi connectivity index (χ4v) is 3.49. The molecule has 10 heteroatoms. The molecule has 26 heavy (non-hydrogen) atoms. The number of H-pyrrole nitrogens is 1. The van der Waals surface area contributed by atoms with E-state index in [9.17, 15) is 9.59 Å². The highest BCUT2D eigenvalue weighted by Gasteiger charge is 2.27. The van der Waals surface area contributed by atoms with Crippen LogP contribution in [0.2, 0.25) is 0 Å². The number of carbonyl (C=O) groups excluding carboxylic acids is 2. The number of aromatic nitrogens is 4. The van der Waals surface area contributed by atoms with Crippen LogP contribution in [-0.4, -0.2) is 68.3 Å². The monoisotopic (exact) mass is 371 g/mol. The topological polar surface area (TPSA) is 107 Å². The van der Waals surface area contributed by atoms with Gasteiger partial charge in [-0.2, -0.15) is 5.10 Å². The van der Waals surface area contributed by atoms with E-state index in [2.05, 4.69) is 25.7 Å². The van der Waals surface area contributed by atoms with Crippen molar-refractivity contribution in [2.75, 3.05) is 31.5 Å². The summed E-state index contributed by atoms with van der Waals surface area (Å²) in [5.74, 6) is -0.123. The molecule has 0 aliphatic carbocycles. The van der Waals surface area contributed by atoms with E-state index in [-0.39, 0.29) is 11.9 Å². The molecule has 1 aliphatic heterocycles. The zero-order chi connectivity index (χ0) is 18.1. The highest BCUT2D eigenvalue weighted by Crippen LogP contribution is 2.18. The molecule has 3 amide bonds. The van der Waals surface area contributed by atoms with Gasteiger partial charge >= 0.3 is 6.03 Å². The predicted molar refractivity (Wildman–Crippen MR) is 97.2 cm³/mol. The Morgan fingerprint density at radius 3 is 2.58 bits per heavy atom. The molecule has 3 heterocycles. The van der Waals surface area contributed by atoms with Gasteiger partial charge in [0.05, 0.1) is 5.52 Å². The molecular weight excluding hydrogens is 354 g/mol. The van der Waals surface area contributed by atoms with Crippen molar-refractivity contribution in [1.29, 1.82) is 0 Å². The van der Waals surface area contributed by atoms with Crippen LogP contribution in [0.25, 0.3) is 10.9 Å². The largest absolute Gasteiger partial charge is 0.334 e. The second-order valence-corrected chi connectivity index (χ2v) is 7.14. The lowest BCUT2D eigenvalue weighted by atomic mass is 10.2. The van der Waals surface area contributed by atoms with Crippen LogP contribution in [0.3, 0.4) is 0 Å². The van der Waals surface area contributed by atoms with Crippen molar-refractivity contribution in [3.63, 3.8) is 0 Å². The maximum absolute atomic E-state index is 12.8. The molecule has 1 aromatic carbocycles. The van der Waals surface area contributed by atoms with Crippen molar-refractivity contribution in [2.24, 2.45) is 0 Å². The second-order valence-electron chi connectivity index (χ2n) is 5.95. The van der Waals surface area contributed by atoms with Crippen LogP contribution < -0.4 is 5.32 Å². The summed E-state index contributed by atoms with van der Waals surface area (Å²) in [7, 11) is 0. The number of anilines is 1. The van der Waals surface area contributed by atoms with Gasteiger partial charge < -0.3 is 9.80 Å².